The summed E-state index contributed by atoms with van der Waals surface area (Å²) in [6.07, 6.45) is 2.13. The fourth-order valence-corrected chi connectivity index (χ4v) is 2.25. The van der Waals surface area contributed by atoms with Crippen molar-refractivity contribution in [3.63, 3.8) is 0 Å². The number of benzene rings is 1. The SMILES string of the molecule is C[C@@H](O)Cc1ccc(C2=CCC(F)(F)CC2)cc1. The van der Waals surface area contributed by atoms with E-state index in [9.17, 15) is 13.9 Å². The molecule has 0 fully saturated rings. The highest BCUT2D eigenvalue weighted by Gasteiger charge is 2.30. The first-order valence-corrected chi connectivity index (χ1v) is 6.30. The molecular formula is C15H18F2O. The van der Waals surface area contributed by atoms with Gasteiger partial charge in [0.1, 0.15) is 0 Å². The Bertz CT molecular complexity index is 432. The van der Waals surface area contributed by atoms with Gasteiger partial charge in [-0.25, -0.2) is 8.78 Å². The van der Waals surface area contributed by atoms with Gasteiger partial charge in [0.25, 0.3) is 5.92 Å². The number of aliphatic hydroxyl groups is 1. The number of hydrogen-bond donors (Lipinski definition) is 1. The molecular weight excluding hydrogens is 234 g/mol. The standard InChI is InChI=1S/C15H18F2O/c1-11(18)10-12-2-4-13(5-3-12)14-6-8-15(16,17)9-7-14/h2-6,11,18H,7-10H2,1H3/t11-/m1/s1. The van der Waals surface area contributed by atoms with Gasteiger partial charge in [0.15, 0.2) is 0 Å². The quantitative estimate of drug-likeness (QED) is 0.867. The van der Waals surface area contributed by atoms with Gasteiger partial charge in [-0.3, -0.25) is 0 Å². The van der Waals surface area contributed by atoms with Gasteiger partial charge < -0.3 is 5.11 Å². The first kappa shape index (κ1) is 13.2. The average Bonchev–Trinajstić information content (AvgIpc) is 2.30. The lowest BCUT2D eigenvalue weighted by atomic mass is 9.91. The van der Waals surface area contributed by atoms with Crippen LogP contribution in [0.2, 0.25) is 0 Å². The summed E-state index contributed by atoms with van der Waals surface area (Å²) in [5, 5.41) is 9.29. The number of allylic oxidation sites excluding steroid dienone is 2. The first-order chi connectivity index (χ1) is 8.46. The van der Waals surface area contributed by atoms with E-state index in [1.165, 1.54) is 0 Å². The normalized spacial score (nSPS) is 20.3. The zero-order chi connectivity index (χ0) is 13.2. The van der Waals surface area contributed by atoms with Crippen LogP contribution in [0.5, 0.6) is 0 Å². The van der Waals surface area contributed by atoms with Crippen LogP contribution >= 0.6 is 0 Å². The van der Waals surface area contributed by atoms with Crippen molar-refractivity contribution in [2.75, 3.05) is 0 Å². The predicted octanol–water partition coefficient (Wildman–Crippen LogP) is 3.81. The van der Waals surface area contributed by atoms with E-state index in [0.29, 0.717) is 12.8 Å². The lowest BCUT2D eigenvalue weighted by Crippen LogP contribution is -2.18. The molecule has 0 amide bonds. The van der Waals surface area contributed by atoms with Gasteiger partial charge >= 0.3 is 0 Å². The summed E-state index contributed by atoms with van der Waals surface area (Å²) in [4.78, 5) is 0. The van der Waals surface area contributed by atoms with Gasteiger partial charge in [0, 0.05) is 12.8 Å². The molecule has 1 atom stereocenters. The van der Waals surface area contributed by atoms with Crippen molar-refractivity contribution < 1.29 is 13.9 Å². The molecule has 1 N–H and O–H groups in total. The Kier molecular flexibility index (Phi) is 3.81. The third-order valence-corrected chi connectivity index (χ3v) is 3.26. The summed E-state index contributed by atoms with van der Waals surface area (Å²) in [5.41, 5.74) is 3.08. The van der Waals surface area contributed by atoms with Gasteiger partial charge in [0.05, 0.1) is 6.10 Å². The highest BCUT2D eigenvalue weighted by atomic mass is 19.3. The van der Waals surface area contributed by atoms with Crippen LogP contribution in [0.15, 0.2) is 30.3 Å². The maximum atomic E-state index is 13.0. The van der Waals surface area contributed by atoms with Crippen LogP contribution in [0, 0.1) is 0 Å². The van der Waals surface area contributed by atoms with Gasteiger partial charge in [-0.2, -0.15) is 0 Å². The van der Waals surface area contributed by atoms with Crippen molar-refractivity contribution in [3.8, 4) is 0 Å². The van der Waals surface area contributed by atoms with E-state index in [2.05, 4.69) is 0 Å². The van der Waals surface area contributed by atoms with E-state index in [-0.39, 0.29) is 18.9 Å². The molecule has 0 unspecified atom stereocenters. The van der Waals surface area contributed by atoms with Crippen LogP contribution in [-0.2, 0) is 6.42 Å². The van der Waals surface area contributed by atoms with Crippen molar-refractivity contribution in [2.24, 2.45) is 0 Å². The van der Waals surface area contributed by atoms with Crippen LogP contribution in [0.1, 0.15) is 37.3 Å². The largest absolute Gasteiger partial charge is 0.393 e. The Balaban J connectivity index is 2.09. The molecule has 1 aliphatic rings. The molecule has 0 bridgehead atoms. The summed E-state index contributed by atoms with van der Waals surface area (Å²) in [7, 11) is 0. The Morgan fingerprint density at radius 1 is 1.28 bits per heavy atom. The molecule has 3 heteroatoms. The molecule has 0 aliphatic heterocycles. The summed E-state index contributed by atoms with van der Waals surface area (Å²) in [5.74, 6) is -2.53. The second-order valence-electron chi connectivity index (χ2n) is 5.04. The lowest BCUT2D eigenvalue weighted by Gasteiger charge is -2.21. The summed E-state index contributed by atoms with van der Waals surface area (Å²) >= 11 is 0. The number of rotatable bonds is 3. The van der Waals surface area contributed by atoms with Crippen LogP contribution < -0.4 is 0 Å². The molecule has 0 heterocycles. The smallest absolute Gasteiger partial charge is 0.251 e. The topological polar surface area (TPSA) is 20.2 Å². The molecule has 0 saturated carbocycles. The molecule has 0 radical (unpaired) electrons. The fourth-order valence-electron chi connectivity index (χ4n) is 2.25. The highest BCUT2D eigenvalue weighted by molar-refractivity contribution is 5.66. The zero-order valence-electron chi connectivity index (χ0n) is 10.5. The van der Waals surface area contributed by atoms with Crippen molar-refractivity contribution in [3.05, 3.63) is 41.5 Å². The summed E-state index contributed by atoms with van der Waals surface area (Å²) in [6, 6.07) is 7.81. The number of halogens is 2. The van der Waals surface area contributed by atoms with E-state index < -0.39 is 5.92 Å². The van der Waals surface area contributed by atoms with Crippen LogP contribution in [0.3, 0.4) is 0 Å². The molecule has 1 nitrogen and oxygen atoms in total. The molecule has 1 aromatic rings. The Morgan fingerprint density at radius 3 is 2.44 bits per heavy atom. The van der Waals surface area contributed by atoms with Crippen molar-refractivity contribution in [1.29, 1.82) is 0 Å². The number of hydrogen-bond acceptors (Lipinski definition) is 1. The van der Waals surface area contributed by atoms with Crippen LogP contribution in [-0.4, -0.2) is 17.1 Å². The van der Waals surface area contributed by atoms with E-state index in [1.807, 2.05) is 24.3 Å². The molecule has 2 rings (SSSR count). The molecule has 18 heavy (non-hydrogen) atoms. The van der Waals surface area contributed by atoms with E-state index in [4.69, 9.17) is 0 Å². The first-order valence-electron chi connectivity index (χ1n) is 6.30. The minimum Gasteiger partial charge on any atom is -0.393 e. The zero-order valence-corrected chi connectivity index (χ0v) is 10.5. The van der Waals surface area contributed by atoms with Gasteiger partial charge in [-0.15, -0.1) is 0 Å². The van der Waals surface area contributed by atoms with Gasteiger partial charge in [-0.05, 0) is 36.5 Å². The molecule has 0 saturated heterocycles. The molecule has 1 aromatic carbocycles. The minimum atomic E-state index is -2.53. The van der Waals surface area contributed by atoms with Gasteiger partial charge in [-0.1, -0.05) is 30.3 Å². The fraction of sp³-hybridized carbons (Fsp3) is 0.467. The monoisotopic (exact) mass is 252 g/mol. The average molecular weight is 252 g/mol. The Morgan fingerprint density at radius 2 is 1.94 bits per heavy atom. The van der Waals surface area contributed by atoms with Crippen molar-refractivity contribution >= 4 is 5.57 Å². The third kappa shape index (κ3) is 3.39. The molecule has 0 spiro atoms. The van der Waals surface area contributed by atoms with Crippen LogP contribution in [0.4, 0.5) is 8.78 Å². The molecule has 1 aliphatic carbocycles. The van der Waals surface area contributed by atoms with E-state index >= 15 is 0 Å². The highest BCUT2D eigenvalue weighted by Crippen LogP contribution is 2.36. The maximum Gasteiger partial charge on any atom is 0.251 e. The third-order valence-electron chi connectivity index (χ3n) is 3.26. The second-order valence-corrected chi connectivity index (χ2v) is 5.04. The van der Waals surface area contributed by atoms with Gasteiger partial charge in [0.2, 0.25) is 0 Å². The second kappa shape index (κ2) is 5.19. The van der Waals surface area contributed by atoms with Crippen molar-refractivity contribution in [1.82, 2.24) is 0 Å². The minimum absolute atomic E-state index is 0.0613. The Hall–Kier alpha value is -1.22. The molecule has 0 aromatic heterocycles. The van der Waals surface area contributed by atoms with Crippen LogP contribution in [0.25, 0.3) is 5.57 Å². The van der Waals surface area contributed by atoms with Crippen molar-refractivity contribution in [2.45, 2.75) is 44.6 Å². The molecule has 98 valence electrons. The number of alkyl halides is 2. The maximum absolute atomic E-state index is 13.0. The summed E-state index contributed by atoms with van der Waals surface area (Å²) in [6.45, 7) is 1.75. The Labute approximate surface area is 106 Å². The predicted molar refractivity (Wildman–Crippen MR) is 68.6 cm³/mol. The number of aliphatic hydroxyl groups excluding tert-OH is 1. The van der Waals surface area contributed by atoms with E-state index in [1.54, 1.807) is 13.0 Å². The van der Waals surface area contributed by atoms with E-state index in [0.717, 1.165) is 16.7 Å². The lowest BCUT2D eigenvalue weighted by molar-refractivity contribution is -0.00603. The summed E-state index contributed by atoms with van der Waals surface area (Å²) < 4.78 is 26.1.